The lowest BCUT2D eigenvalue weighted by Crippen LogP contribution is -2.33. The number of fused-ring (bicyclic) bond motifs is 1. The third kappa shape index (κ3) is 3.37. The van der Waals surface area contributed by atoms with Crippen LogP contribution in [0.4, 0.5) is 5.95 Å². The van der Waals surface area contributed by atoms with Crippen LogP contribution in [0.1, 0.15) is 23.2 Å². The average Bonchev–Trinajstić information content (AvgIpc) is 3.19. The molecule has 0 aliphatic carbocycles. The molecule has 1 aromatic carbocycles. The van der Waals surface area contributed by atoms with E-state index >= 15 is 0 Å². The normalized spacial score (nSPS) is 23.9. The van der Waals surface area contributed by atoms with Crippen molar-refractivity contribution in [3.8, 4) is 11.8 Å². The number of imidazole rings is 1. The van der Waals surface area contributed by atoms with Crippen molar-refractivity contribution in [1.29, 1.82) is 0 Å². The Morgan fingerprint density at radius 1 is 1.21 bits per heavy atom. The highest BCUT2D eigenvalue weighted by atomic mass is 16.6. The lowest BCUT2D eigenvalue weighted by atomic mass is 10.1. The van der Waals surface area contributed by atoms with E-state index in [1.165, 1.54) is 4.57 Å². The fourth-order valence-electron chi connectivity index (χ4n) is 3.19. The second-order valence-corrected chi connectivity index (χ2v) is 6.77. The van der Waals surface area contributed by atoms with Crippen LogP contribution in [0.25, 0.3) is 11.2 Å². The number of nitrogens with zero attached hydrogens (tertiary/aromatic N) is 3. The number of rotatable bonds is 2. The lowest BCUT2D eigenvalue weighted by molar-refractivity contribution is -0.0514. The molecule has 150 valence electrons. The summed E-state index contributed by atoms with van der Waals surface area (Å²) in [5.41, 5.74) is 6.90. The zero-order valence-electron chi connectivity index (χ0n) is 15.4. The van der Waals surface area contributed by atoms with Gasteiger partial charge in [0.2, 0.25) is 5.95 Å². The van der Waals surface area contributed by atoms with Gasteiger partial charge in [-0.2, -0.15) is 4.98 Å². The van der Waals surface area contributed by atoms with Crippen molar-refractivity contribution in [3.05, 3.63) is 51.6 Å². The number of aromatic nitrogens is 4. The molecule has 1 fully saturated rings. The van der Waals surface area contributed by atoms with E-state index < -0.39 is 36.7 Å². The first-order valence-corrected chi connectivity index (χ1v) is 8.88. The van der Waals surface area contributed by atoms with E-state index in [0.29, 0.717) is 0 Å². The first-order chi connectivity index (χ1) is 13.9. The van der Waals surface area contributed by atoms with Gasteiger partial charge in [-0.05, 0) is 25.0 Å². The quantitative estimate of drug-likeness (QED) is 0.345. The third-order valence-electron chi connectivity index (χ3n) is 4.71. The summed E-state index contributed by atoms with van der Waals surface area (Å²) >= 11 is 0. The second kappa shape index (κ2) is 7.31. The predicted octanol–water partition coefficient (Wildman–Crippen LogP) is -0.978. The van der Waals surface area contributed by atoms with Crippen LogP contribution in [-0.4, -0.2) is 59.8 Å². The Labute approximate surface area is 164 Å². The smallest absolute Gasteiger partial charge is 0.280 e. The maximum absolute atomic E-state index is 12.3. The number of nitrogens with two attached hydrogens (primary N) is 1. The predicted molar refractivity (Wildman–Crippen MR) is 103 cm³/mol. The summed E-state index contributed by atoms with van der Waals surface area (Å²) in [6, 6.07) is 7.49. The zero-order valence-corrected chi connectivity index (χ0v) is 15.4. The molecule has 0 bridgehead atoms. The highest BCUT2D eigenvalue weighted by Crippen LogP contribution is 2.32. The number of hydrogen-bond donors (Lipinski definition) is 5. The van der Waals surface area contributed by atoms with Gasteiger partial charge >= 0.3 is 0 Å². The molecule has 10 heteroatoms. The van der Waals surface area contributed by atoms with Gasteiger partial charge in [-0.25, -0.2) is 4.98 Å². The lowest BCUT2D eigenvalue weighted by Gasteiger charge is -2.17. The van der Waals surface area contributed by atoms with Crippen molar-refractivity contribution in [2.45, 2.75) is 31.5 Å². The molecule has 4 atom stereocenters. The van der Waals surface area contributed by atoms with Crippen LogP contribution in [0.2, 0.25) is 0 Å². The first kappa shape index (κ1) is 19.1. The molecule has 29 heavy (non-hydrogen) atoms. The number of nitrogen functional groups attached to an aromatic ring is 1. The van der Waals surface area contributed by atoms with Gasteiger partial charge in [0.15, 0.2) is 23.2 Å². The molecule has 0 radical (unpaired) electrons. The van der Waals surface area contributed by atoms with Crippen molar-refractivity contribution in [2.75, 3.05) is 12.3 Å². The fourth-order valence-corrected chi connectivity index (χ4v) is 3.19. The number of ether oxygens (including phenoxy) is 1. The van der Waals surface area contributed by atoms with Gasteiger partial charge in [-0.3, -0.25) is 14.3 Å². The summed E-state index contributed by atoms with van der Waals surface area (Å²) in [7, 11) is 0. The zero-order chi connectivity index (χ0) is 20.7. The molecule has 1 saturated heterocycles. The number of anilines is 1. The van der Waals surface area contributed by atoms with Gasteiger partial charge in [0.1, 0.15) is 18.3 Å². The van der Waals surface area contributed by atoms with Gasteiger partial charge in [0.25, 0.3) is 5.56 Å². The summed E-state index contributed by atoms with van der Waals surface area (Å²) in [6.07, 6.45) is -4.90. The Kier molecular flexibility index (Phi) is 4.81. The molecule has 3 aromatic rings. The van der Waals surface area contributed by atoms with Crippen LogP contribution in [-0.2, 0) is 4.74 Å². The number of aromatic amines is 1. The number of aliphatic hydroxyl groups excluding tert-OH is 3. The standard InChI is InChI=1S/C19H19N5O5/c1-9-2-4-10(5-3-9)6-7-12-21-13-16(22-19(20)23-17(13)28)24(12)18-15(27)14(26)11(8-25)29-18/h2-5,11,14-15,18,25-27H,8H2,1H3,(H3,20,22,23,28)/t11-,14?,15?,18-/m1/s1. The van der Waals surface area contributed by atoms with Crippen LogP contribution < -0.4 is 11.3 Å². The van der Waals surface area contributed by atoms with E-state index in [2.05, 4.69) is 26.8 Å². The largest absolute Gasteiger partial charge is 0.394 e. The van der Waals surface area contributed by atoms with Crippen LogP contribution in [0.5, 0.6) is 0 Å². The van der Waals surface area contributed by atoms with Crippen molar-refractivity contribution in [2.24, 2.45) is 0 Å². The molecular weight excluding hydrogens is 378 g/mol. The number of hydrogen-bond acceptors (Lipinski definition) is 8. The molecule has 0 saturated carbocycles. The van der Waals surface area contributed by atoms with Crippen molar-refractivity contribution in [1.82, 2.24) is 19.5 Å². The van der Waals surface area contributed by atoms with Gasteiger partial charge in [-0.1, -0.05) is 23.6 Å². The third-order valence-corrected chi connectivity index (χ3v) is 4.71. The van der Waals surface area contributed by atoms with Crippen molar-refractivity contribution < 1.29 is 20.1 Å². The number of nitrogens with one attached hydrogen (secondary N) is 1. The summed E-state index contributed by atoms with van der Waals surface area (Å²) in [6.45, 7) is 1.46. The highest BCUT2D eigenvalue weighted by Gasteiger charge is 2.45. The minimum absolute atomic E-state index is 0.0369. The van der Waals surface area contributed by atoms with Crippen LogP contribution in [0.15, 0.2) is 29.1 Å². The van der Waals surface area contributed by atoms with Gasteiger partial charge in [0, 0.05) is 5.56 Å². The second-order valence-electron chi connectivity index (χ2n) is 6.77. The van der Waals surface area contributed by atoms with E-state index in [4.69, 9.17) is 10.5 Å². The maximum Gasteiger partial charge on any atom is 0.280 e. The first-order valence-electron chi connectivity index (χ1n) is 8.88. The van der Waals surface area contributed by atoms with Crippen molar-refractivity contribution in [3.63, 3.8) is 0 Å². The monoisotopic (exact) mass is 397 g/mol. The number of aliphatic hydroxyl groups is 3. The molecular formula is C19H19N5O5. The molecule has 10 nitrogen and oxygen atoms in total. The summed E-state index contributed by atoms with van der Waals surface area (Å²) in [5, 5.41) is 29.9. The van der Waals surface area contributed by atoms with E-state index in [1.54, 1.807) is 0 Å². The van der Waals surface area contributed by atoms with Gasteiger partial charge in [0.05, 0.1) is 6.61 Å². The molecule has 0 amide bonds. The van der Waals surface area contributed by atoms with Gasteiger partial charge < -0.3 is 25.8 Å². The maximum atomic E-state index is 12.3. The molecule has 1 aliphatic rings. The topological polar surface area (TPSA) is 160 Å². The average molecular weight is 397 g/mol. The molecule has 1 aliphatic heterocycles. The highest BCUT2D eigenvalue weighted by molar-refractivity contribution is 5.73. The van der Waals surface area contributed by atoms with E-state index in [1.807, 2.05) is 31.2 Å². The Hall–Kier alpha value is -3.23. The molecule has 4 rings (SSSR count). The fraction of sp³-hybridized carbons (Fsp3) is 0.316. The molecule has 0 spiro atoms. The van der Waals surface area contributed by atoms with Crippen LogP contribution in [0, 0.1) is 18.8 Å². The van der Waals surface area contributed by atoms with Crippen molar-refractivity contribution >= 4 is 17.1 Å². The molecule has 2 aromatic heterocycles. The minimum atomic E-state index is -1.40. The van der Waals surface area contributed by atoms with Crippen LogP contribution >= 0.6 is 0 Å². The van der Waals surface area contributed by atoms with E-state index in [-0.39, 0.29) is 22.9 Å². The minimum Gasteiger partial charge on any atom is -0.394 e. The Morgan fingerprint density at radius 2 is 1.93 bits per heavy atom. The molecule has 3 heterocycles. The number of H-pyrrole nitrogens is 1. The summed E-state index contributed by atoms with van der Waals surface area (Å²) in [4.78, 5) is 23.0. The van der Waals surface area contributed by atoms with Crippen LogP contribution in [0.3, 0.4) is 0 Å². The SMILES string of the molecule is Cc1ccc(C#Cc2nc3c(=O)[nH]c(N)nc3n2[C@@H]2O[C@H](CO)C(O)C2O)cc1. The summed E-state index contributed by atoms with van der Waals surface area (Å²) in [5.74, 6) is 5.76. The molecule has 2 unspecified atom stereocenters. The number of benzene rings is 1. The molecule has 6 N–H and O–H groups in total. The summed E-state index contributed by atoms with van der Waals surface area (Å²) < 4.78 is 6.90. The Morgan fingerprint density at radius 3 is 2.59 bits per heavy atom. The van der Waals surface area contributed by atoms with E-state index in [0.717, 1.165) is 11.1 Å². The number of aryl methyl sites for hydroxylation is 1. The van der Waals surface area contributed by atoms with E-state index in [9.17, 15) is 20.1 Å². The van der Waals surface area contributed by atoms with Gasteiger partial charge in [-0.15, -0.1) is 0 Å². The Bertz CT molecular complexity index is 1170. The Balaban J connectivity index is 1.88.